The fourth-order valence-electron chi connectivity index (χ4n) is 2.19. The van der Waals surface area contributed by atoms with Crippen molar-refractivity contribution in [2.24, 2.45) is 5.92 Å². The van der Waals surface area contributed by atoms with Crippen LogP contribution in [0.3, 0.4) is 0 Å². The quantitative estimate of drug-likeness (QED) is 0.751. The third kappa shape index (κ3) is 6.48. The van der Waals surface area contributed by atoms with Crippen LogP contribution in [0, 0.1) is 5.92 Å². The van der Waals surface area contributed by atoms with Gasteiger partial charge in [-0.2, -0.15) is 0 Å². The van der Waals surface area contributed by atoms with Crippen LogP contribution in [0.2, 0.25) is 0 Å². The van der Waals surface area contributed by atoms with E-state index in [9.17, 15) is 9.59 Å². The van der Waals surface area contributed by atoms with Gasteiger partial charge >= 0.3 is 0 Å². The van der Waals surface area contributed by atoms with Crippen molar-refractivity contribution >= 4 is 11.8 Å². The van der Waals surface area contributed by atoms with E-state index >= 15 is 0 Å². The monoisotopic (exact) mass is 336 g/mol. The SMILES string of the molecule is COc1ccc(CN(CCC(=O)NCC(C)C)C(C)=O)cc1OC. The Balaban J connectivity index is 2.66. The summed E-state index contributed by atoms with van der Waals surface area (Å²) in [6.45, 7) is 7.04. The van der Waals surface area contributed by atoms with Crippen LogP contribution in [0.25, 0.3) is 0 Å². The van der Waals surface area contributed by atoms with Crippen molar-refractivity contribution in [1.29, 1.82) is 0 Å². The summed E-state index contributed by atoms with van der Waals surface area (Å²) in [5, 5.41) is 2.86. The Morgan fingerprint density at radius 1 is 1.17 bits per heavy atom. The molecular weight excluding hydrogens is 308 g/mol. The molecule has 0 saturated heterocycles. The number of nitrogens with one attached hydrogen (secondary N) is 1. The van der Waals surface area contributed by atoms with Gasteiger partial charge < -0.3 is 19.7 Å². The highest BCUT2D eigenvalue weighted by molar-refractivity contribution is 5.78. The summed E-state index contributed by atoms with van der Waals surface area (Å²) in [5.41, 5.74) is 0.922. The fourth-order valence-corrected chi connectivity index (χ4v) is 2.19. The normalized spacial score (nSPS) is 10.4. The highest BCUT2D eigenvalue weighted by Gasteiger charge is 2.13. The summed E-state index contributed by atoms with van der Waals surface area (Å²) in [7, 11) is 3.15. The predicted octanol–water partition coefficient (Wildman–Crippen LogP) is 2.21. The van der Waals surface area contributed by atoms with Crippen LogP contribution in [0.15, 0.2) is 18.2 Å². The van der Waals surface area contributed by atoms with Crippen molar-refractivity contribution in [3.8, 4) is 11.5 Å². The zero-order valence-electron chi connectivity index (χ0n) is 15.2. The average Bonchev–Trinajstić information content (AvgIpc) is 2.56. The fraction of sp³-hybridized carbons (Fsp3) is 0.556. The van der Waals surface area contributed by atoms with Gasteiger partial charge in [-0.15, -0.1) is 0 Å². The van der Waals surface area contributed by atoms with Gasteiger partial charge in [-0.3, -0.25) is 9.59 Å². The summed E-state index contributed by atoms with van der Waals surface area (Å²) in [4.78, 5) is 25.3. The molecule has 6 heteroatoms. The van der Waals surface area contributed by atoms with Crippen molar-refractivity contribution < 1.29 is 19.1 Å². The third-order valence-corrected chi connectivity index (χ3v) is 3.58. The van der Waals surface area contributed by atoms with E-state index in [4.69, 9.17) is 9.47 Å². The molecule has 1 N–H and O–H groups in total. The summed E-state index contributed by atoms with van der Waals surface area (Å²) >= 11 is 0. The Kier molecular flexibility index (Phi) is 8.09. The highest BCUT2D eigenvalue weighted by Crippen LogP contribution is 2.28. The largest absolute Gasteiger partial charge is 0.493 e. The molecule has 134 valence electrons. The van der Waals surface area contributed by atoms with E-state index in [-0.39, 0.29) is 11.8 Å². The molecule has 0 aliphatic heterocycles. The minimum Gasteiger partial charge on any atom is -0.493 e. The molecule has 0 atom stereocenters. The molecule has 0 aromatic heterocycles. The molecule has 0 aliphatic rings. The van der Waals surface area contributed by atoms with E-state index in [1.54, 1.807) is 19.1 Å². The Hall–Kier alpha value is -2.24. The summed E-state index contributed by atoms with van der Waals surface area (Å²) in [6.07, 6.45) is 0.291. The van der Waals surface area contributed by atoms with E-state index in [0.29, 0.717) is 43.5 Å². The van der Waals surface area contributed by atoms with Crippen molar-refractivity contribution in [3.05, 3.63) is 23.8 Å². The van der Waals surface area contributed by atoms with Gasteiger partial charge in [0.2, 0.25) is 11.8 Å². The number of hydrogen-bond donors (Lipinski definition) is 1. The van der Waals surface area contributed by atoms with Crippen LogP contribution >= 0.6 is 0 Å². The second-order valence-electron chi connectivity index (χ2n) is 6.08. The molecule has 0 aliphatic carbocycles. The Morgan fingerprint density at radius 3 is 2.38 bits per heavy atom. The first-order chi connectivity index (χ1) is 11.4. The van der Waals surface area contributed by atoms with Crippen LogP contribution in [-0.2, 0) is 16.1 Å². The van der Waals surface area contributed by atoms with Gasteiger partial charge in [0.15, 0.2) is 11.5 Å². The molecule has 0 unspecified atom stereocenters. The highest BCUT2D eigenvalue weighted by atomic mass is 16.5. The molecule has 2 amide bonds. The van der Waals surface area contributed by atoms with E-state index in [1.807, 2.05) is 32.0 Å². The van der Waals surface area contributed by atoms with Crippen molar-refractivity contribution in [1.82, 2.24) is 10.2 Å². The molecule has 24 heavy (non-hydrogen) atoms. The lowest BCUT2D eigenvalue weighted by molar-refractivity contribution is -0.130. The van der Waals surface area contributed by atoms with Gasteiger partial charge in [0.25, 0.3) is 0 Å². The second kappa shape index (κ2) is 9.80. The van der Waals surface area contributed by atoms with E-state index in [2.05, 4.69) is 5.32 Å². The van der Waals surface area contributed by atoms with Gasteiger partial charge in [-0.25, -0.2) is 0 Å². The average molecular weight is 336 g/mol. The molecule has 1 aromatic carbocycles. The maximum Gasteiger partial charge on any atom is 0.221 e. The number of amides is 2. The Bertz CT molecular complexity index is 558. The minimum absolute atomic E-state index is 0.0396. The zero-order chi connectivity index (χ0) is 18.1. The molecule has 0 radical (unpaired) electrons. The third-order valence-electron chi connectivity index (χ3n) is 3.58. The smallest absolute Gasteiger partial charge is 0.221 e. The van der Waals surface area contributed by atoms with Gasteiger partial charge in [-0.1, -0.05) is 19.9 Å². The number of rotatable bonds is 9. The topological polar surface area (TPSA) is 67.9 Å². The standard InChI is InChI=1S/C18H28N2O4/c1-13(2)11-19-18(22)8-9-20(14(3)21)12-15-6-7-16(23-4)17(10-15)24-5/h6-7,10,13H,8-9,11-12H2,1-5H3,(H,19,22). The van der Waals surface area contributed by atoms with Crippen LogP contribution in [0.4, 0.5) is 0 Å². The van der Waals surface area contributed by atoms with Crippen LogP contribution in [0.1, 0.15) is 32.8 Å². The van der Waals surface area contributed by atoms with Crippen molar-refractivity contribution in [2.45, 2.75) is 33.7 Å². The van der Waals surface area contributed by atoms with Crippen molar-refractivity contribution in [2.75, 3.05) is 27.3 Å². The molecule has 1 aromatic rings. The van der Waals surface area contributed by atoms with E-state index in [0.717, 1.165) is 5.56 Å². The molecule has 0 saturated carbocycles. The molecule has 0 fully saturated rings. The molecule has 0 bridgehead atoms. The first kappa shape index (κ1) is 19.8. The maximum absolute atomic E-state index is 11.8. The van der Waals surface area contributed by atoms with E-state index < -0.39 is 0 Å². The number of benzene rings is 1. The summed E-state index contributed by atoms with van der Waals surface area (Å²) < 4.78 is 10.5. The first-order valence-corrected chi connectivity index (χ1v) is 8.10. The minimum atomic E-state index is -0.0681. The molecule has 1 rings (SSSR count). The lowest BCUT2D eigenvalue weighted by Gasteiger charge is -2.21. The molecule has 0 heterocycles. The lowest BCUT2D eigenvalue weighted by atomic mass is 10.1. The van der Waals surface area contributed by atoms with Crippen LogP contribution in [-0.4, -0.2) is 44.0 Å². The molecule has 0 spiro atoms. The lowest BCUT2D eigenvalue weighted by Crippen LogP contribution is -2.34. The Labute approximate surface area is 144 Å². The number of carbonyl (C=O) groups is 2. The predicted molar refractivity (Wildman–Crippen MR) is 93.1 cm³/mol. The summed E-state index contributed by atoms with van der Waals surface area (Å²) in [5.74, 6) is 1.56. The summed E-state index contributed by atoms with van der Waals surface area (Å²) in [6, 6.07) is 5.53. The van der Waals surface area contributed by atoms with Gasteiger partial charge in [0.1, 0.15) is 0 Å². The van der Waals surface area contributed by atoms with Crippen LogP contribution in [0.5, 0.6) is 11.5 Å². The zero-order valence-corrected chi connectivity index (χ0v) is 15.2. The van der Waals surface area contributed by atoms with Gasteiger partial charge in [0, 0.05) is 33.0 Å². The number of hydrogen-bond acceptors (Lipinski definition) is 4. The molecular formula is C18H28N2O4. The second-order valence-corrected chi connectivity index (χ2v) is 6.08. The number of nitrogens with zero attached hydrogens (tertiary/aromatic N) is 1. The van der Waals surface area contributed by atoms with Crippen LogP contribution < -0.4 is 14.8 Å². The molecule has 6 nitrogen and oxygen atoms in total. The number of carbonyl (C=O) groups excluding carboxylic acids is 2. The number of ether oxygens (including phenoxy) is 2. The van der Waals surface area contributed by atoms with Gasteiger partial charge in [0.05, 0.1) is 14.2 Å². The van der Waals surface area contributed by atoms with E-state index in [1.165, 1.54) is 6.92 Å². The maximum atomic E-state index is 11.8. The number of methoxy groups -OCH3 is 2. The van der Waals surface area contributed by atoms with Gasteiger partial charge in [-0.05, 0) is 23.6 Å². The Morgan fingerprint density at radius 2 is 1.83 bits per heavy atom. The first-order valence-electron chi connectivity index (χ1n) is 8.10. The van der Waals surface area contributed by atoms with Crippen molar-refractivity contribution in [3.63, 3.8) is 0 Å².